The Bertz CT molecular complexity index is 1160. The van der Waals surface area contributed by atoms with Crippen molar-refractivity contribution in [2.24, 2.45) is 0 Å². The van der Waals surface area contributed by atoms with Gasteiger partial charge in [0.1, 0.15) is 11.2 Å². The number of anilines is 1. The lowest BCUT2D eigenvalue weighted by atomic mass is 10.2. The fraction of sp³-hybridized carbons (Fsp3) is 0.0556. The highest BCUT2D eigenvalue weighted by Crippen LogP contribution is 2.16. The highest BCUT2D eigenvalue weighted by Gasteiger charge is 2.16. The summed E-state index contributed by atoms with van der Waals surface area (Å²) in [6.45, 7) is 1.91. The number of hydrogen-bond donors (Lipinski definition) is 1. The molecule has 0 atom stereocenters. The molecular weight excluding hydrogens is 332 g/mol. The number of aromatic nitrogens is 5. The van der Waals surface area contributed by atoms with Crippen molar-refractivity contribution in [3.63, 3.8) is 0 Å². The maximum absolute atomic E-state index is 12.6. The van der Waals surface area contributed by atoms with Crippen LogP contribution in [0.5, 0.6) is 0 Å². The number of carbonyl (C=O) groups excluding carboxylic acids is 1. The molecule has 128 valence electrons. The number of rotatable bonds is 3. The van der Waals surface area contributed by atoms with Gasteiger partial charge in [-0.3, -0.25) is 14.0 Å². The van der Waals surface area contributed by atoms with E-state index >= 15 is 0 Å². The molecule has 0 spiro atoms. The topological polar surface area (TPSA) is 94.2 Å². The van der Waals surface area contributed by atoms with Gasteiger partial charge >= 0.3 is 0 Å². The zero-order chi connectivity index (χ0) is 18.1. The first-order chi connectivity index (χ1) is 12.6. The number of fused-ring (bicyclic) bond motifs is 1. The van der Waals surface area contributed by atoms with Crippen LogP contribution < -0.4 is 10.9 Å². The average Bonchev–Trinajstić information content (AvgIpc) is 3.16. The van der Waals surface area contributed by atoms with Crippen LogP contribution in [0.1, 0.15) is 15.9 Å². The number of nitrogens with one attached hydrogen (secondary N) is 1. The van der Waals surface area contributed by atoms with Crippen molar-refractivity contribution in [3.05, 3.63) is 82.8 Å². The quantitative estimate of drug-likeness (QED) is 0.611. The monoisotopic (exact) mass is 346 g/mol. The van der Waals surface area contributed by atoms with Crippen molar-refractivity contribution in [1.29, 1.82) is 0 Å². The minimum absolute atomic E-state index is 0.0541. The van der Waals surface area contributed by atoms with Crippen molar-refractivity contribution in [2.45, 2.75) is 6.92 Å². The summed E-state index contributed by atoms with van der Waals surface area (Å²) in [6.07, 6.45) is 7.82. The lowest BCUT2D eigenvalue weighted by Gasteiger charge is -2.10. The number of hydrogen-bond acceptors (Lipinski definition) is 5. The van der Waals surface area contributed by atoms with E-state index in [0.29, 0.717) is 17.2 Å². The van der Waals surface area contributed by atoms with E-state index in [-0.39, 0.29) is 5.56 Å². The molecule has 4 rings (SSSR count). The number of amides is 1. The van der Waals surface area contributed by atoms with Gasteiger partial charge < -0.3 is 5.32 Å². The molecule has 0 unspecified atom stereocenters. The molecule has 0 aliphatic rings. The van der Waals surface area contributed by atoms with Crippen molar-refractivity contribution in [3.8, 4) is 5.82 Å². The Labute approximate surface area is 147 Å². The van der Waals surface area contributed by atoms with E-state index in [0.717, 1.165) is 5.56 Å². The maximum Gasteiger partial charge on any atom is 0.270 e. The molecule has 8 heteroatoms. The summed E-state index contributed by atoms with van der Waals surface area (Å²) in [6, 6.07) is 8.70. The van der Waals surface area contributed by atoms with Gasteiger partial charge in [0.2, 0.25) is 0 Å². The second-order valence-electron chi connectivity index (χ2n) is 5.69. The molecule has 0 fully saturated rings. The Morgan fingerprint density at radius 3 is 2.81 bits per heavy atom. The third-order valence-electron chi connectivity index (χ3n) is 3.87. The second-order valence-corrected chi connectivity index (χ2v) is 5.69. The first-order valence-corrected chi connectivity index (χ1v) is 7.88. The summed E-state index contributed by atoms with van der Waals surface area (Å²) in [5, 5.41) is 6.83. The van der Waals surface area contributed by atoms with Crippen LogP contribution in [0.3, 0.4) is 0 Å². The smallest absolute Gasteiger partial charge is 0.270 e. The zero-order valence-corrected chi connectivity index (χ0v) is 13.8. The lowest BCUT2D eigenvalue weighted by molar-refractivity contribution is 0.102. The highest BCUT2D eigenvalue weighted by atomic mass is 16.2. The fourth-order valence-corrected chi connectivity index (χ4v) is 2.59. The van der Waals surface area contributed by atoms with Crippen LogP contribution in [0.2, 0.25) is 0 Å². The lowest BCUT2D eigenvalue weighted by Crippen LogP contribution is -2.27. The minimum atomic E-state index is -0.557. The average molecular weight is 346 g/mol. The molecule has 0 radical (unpaired) electrons. The van der Waals surface area contributed by atoms with Gasteiger partial charge in [-0.15, -0.1) is 0 Å². The summed E-state index contributed by atoms with van der Waals surface area (Å²) in [4.78, 5) is 33.7. The normalized spacial score (nSPS) is 10.8. The van der Waals surface area contributed by atoms with Crippen molar-refractivity contribution < 1.29 is 4.79 Å². The van der Waals surface area contributed by atoms with Gasteiger partial charge in [0.05, 0.1) is 5.69 Å². The molecule has 8 nitrogen and oxygen atoms in total. The third kappa shape index (κ3) is 2.73. The van der Waals surface area contributed by atoms with Gasteiger partial charge in [0.25, 0.3) is 11.5 Å². The molecule has 1 amide bonds. The van der Waals surface area contributed by atoms with Gasteiger partial charge in [-0.2, -0.15) is 5.10 Å². The molecule has 26 heavy (non-hydrogen) atoms. The molecule has 1 N–H and O–H groups in total. The Morgan fingerprint density at radius 1 is 1.12 bits per heavy atom. The summed E-state index contributed by atoms with van der Waals surface area (Å²) in [5.74, 6) is -0.103. The van der Waals surface area contributed by atoms with Crippen LogP contribution in [0.4, 0.5) is 5.69 Å². The third-order valence-corrected chi connectivity index (χ3v) is 3.87. The van der Waals surface area contributed by atoms with Gasteiger partial charge in [-0.05, 0) is 42.8 Å². The van der Waals surface area contributed by atoms with Crippen LogP contribution >= 0.6 is 0 Å². The van der Waals surface area contributed by atoms with E-state index in [1.165, 1.54) is 15.3 Å². The standard InChI is InChI=1S/C18H14N6O2/c1-12-5-9-23-15(10-12)20-11-13(18(23)26)17(25)22-14-4-2-6-19-16(14)24-8-3-7-21-24/h2-11H,1H3,(H,22,25). The van der Waals surface area contributed by atoms with Crippen molar-refractivity contribution in [1.82, 2.24) is 24.1 Å². The molecule has 0 saturated carbocycles. The molecule has 0 saturated heterocycles. The molecule has 4 aromatic rings. The Morgan fingerprint density at radius 2 is 2.00 bits per heavy atom. The first kappa shape index (κ1) is 15.7. The van der Waals surface area contributed by atoms with E-state index in [4.69, 9.17) is 0 Å². The van der Waals surface area contributed by atoms with E-state index in [9.17, 15) is 9.59 Å². The van der Waals surface area contributed by atoms with E-state index in [1.54, 1.807) is 55.1 Å². The summed E-state index contributed by atoms with van der Waals surface area (Å²) >= 11 is 0. The Balaban J connectivity index is 1.72. The molecular formula is C18H14N6O2. The Hall–Kier alpha value is -3.81. The number of carbonyl (C=O) groups is 1. The largest absolute Gasteiger partial charge is 0.319 e. The number of pyridine rings is 2. The van der Waals surface area contributed by atoms with Crippen LogP contribution in [0, 0.1) is 6.92 Å². The summed E-state index contributed by atoms with van der Waals surface area (Å²) in [5.41, 5.74) is 1.42. The molecule has 0 aliphatic carbocycles. The Kier molecular flexibility index (Phi) is 3.77. The van der Waals surface area contributed by atoms with Gasteiger partial charge in [0.15, 0.2) is 5.82 Å². The number of aryl methyl sites for hydroxylation is 1. The maximum atomic E-state index is 12.6. The first-order valence-electron chi connectivity index (χ1n) is 7.88. The highest BCUT2D eigenvalue weighted by molar-refractivity contribution is 6.04. The van der Waals surface area contributed by atoms with Gasteiger partial charge in [-0.25, -0.2) is 14.6 Å². The van der Waals surface area contributed by atoms with Crippen LogP contribution in [0.15, 0.2) is 66.1 Å². The summed E-state index contributed by atoms with van der Waals surface area (Å²) < 4.78 is 2.88. The molecule has 4 heterocycles. The van der Waals surface area contributed by atoms with Crippen molar-refractivity contribution in [2.75, 3.05) is 5.32 Å². The van der Waals surface area contributed by atoms with Crippen molar-refractivity contribution >= 4 is 17.2 Å². The van der Waals surface area contributed by atoms with E-state index < -0.39 is 11.5 Å². The molecule has 0 bridgehead atoms. The minimum Gasteiger partial charge on any atom is -0.319 e. The predicted molar refractivity (Wildman–Crippen MR) is 95.5 cm³/mol. The fourth-order valence-electron chi connectivity index (χ4n) is 2.59. The van der Waals surface area contributed by atoms with Crippen LogP contribution in [-0.2, 0) is 0 Å². The molecule has 0 aromatic carbocycles. The molecule has 4 aromatic heterocycles. The number of nitrogens with zero attached hydrogens (tertiary/aromatic N) is 5. The van der Waals surface area contributed by atoms with Gasteiger partial charge in [-0.1, -0.05) is 0 Å². The zero-order valence-electron chi connectivity index (χ0n) is 13.8. The van der Waals surface area contributed by atoms with Gasteiger partial charge in [0, 0.05) is 31.0 Å². The van der Waals surface area contributed by atoms with E-state index in [1.807, 2.05) is 6.92 Å². The van der Waals surface area contributed by atoms with Crippen LogP contribution in [-0.4, -0.2) is 30.1 Å². The molecule has 0 aliphatic heterocycles. The predicted octanol–water partition coefficient (Wildman–Crippen LogP) is 1.84. The van der Waals surface area contributed by atoms with E-state index in [2.05, 4.69) is 20.4 Å². The van der Waals surface area contributed by atoms with Crippen LogP contribution in [0.25, 0.3) is 11.5 Å². The second kappa shape index (κ2) is 6.25. The summed E-state index contributed by atoms with van der Waals surface area (Å²) in [7, 11) is 0. The SMILES string of the molecule is Cc1ccn2c(=O)c(C(=O)Nc3cccnc3-n3cccn3)cnc2c1.